The van der Waals surface area contributed by atoms with Crippen LogP contribution in [0, 0.1) is 0 Å². The van der Waals surface area contributed by atoms with Gasteiger partial charge < -0.3 is 14.8 Å². The molecule has 1 aromatic carbocycles. The van der Waals surface area contributed by atoms with Crippen LogP contribution in [0.25, 0.3) is 0 Å². The third-order valence-electron chi connectivity index (χ3n) is 3.13. The van der Waals surface area contributed by atoms with Crippen LogP contribution in [-0.2, 0) is 20.2 Å². The van der Waals surface area contributed by atoms with E-state index in [9.17, 15) is 0 Å². The molecular weight excluding hydrogens is 266 g/mol. The zero-order chi connectivity index (χ0) is 15.2. The molecule has 2 aromatic rings. The van der Waals surface area contributed by atoms with Crippen molar-refractivity contribution in [3.8, 4) is 11.5 Å². The lowest BCUT2D eigenvalue weighted by atomic mass is 10.1. The lowest BCUT2D eigenvalue weighted by molar-refractivity contribution is 0.299. The van der Waals surface area contributed by atoms with E-state index in [0.29, 0.717) is 12.6 Å². The Balaban J connectivity index is 2.10. The van der Waals surface area contributed by atoms with Gasteiger partial charge in [-0.05, 0) is 6.07 Å². The van der Waals surface area contributed by atoms with Gasteiger partial charge in [0.25, 0.3) is 0 Å². The van der Waals surface area contributed by atoms with E-state index in [1.54, 1.807) is 11.8 Å². The van der Waals surface area contributed by atoms with E-state index < -0.39 is 0 Å². The number of hydrogen-bond donors (Lipinski definition) is 1. The lowest BCUT2D eigenvalue weighted by Gasteiger charge is -2.14. The van der Waals surface area contributed by atoms with Crippen LogP contribution in [-0.4, -0.2) is 22.9 Å². The number of hydrogen-bond acceptors (Lipinski definition) is 4. The molecule has 1 aromatic heterocycles. The molecular formula is C16H23N3O2. The van der Waals surface area contributed by atoms with Crippen LogP contribution in [0.3, 0.4) is 0 Å². The summed E-state index contributed by atoms with van der Waals surface area (Å²) in [4.78, 5) is 0. The van der Waals surface area contributed by atoms with E-state index in [-0.39, 0.29) is 0 Å². The Bertz CT molecular complexity index is 579. The SMILES string of the molecule is COc1ccc(CNC(C)C)c(OCc2cnn(C)c2)c1. The van der Waals surface area contributed by atoms with Gasteiger partial charge in [0.05, 0.1) is 13.3 Å². The molecule has 0 atom stereocenters. The molecule has 0 saturated carbocycles. The van der Waals surface area contributed by atoms with Gasteiger partial charge in [0, 0.05) is 43.0 Å². The summed E-state index contributed by atoms with van der Waals surface area (Å²) >= 11 is 0. The lowest BCUT2D eigenvalue weighted by Crippen LogP contribution is -2.22. The van der Waals surface area contributed by atoms with Crippen LogP contribution >= 0.6 is 0 Å². The van der Waals surface area contributed by atoms with Gasteiger partial charge in [-0.2, -0.15) is 5.10 Å². The van der Waals surface area contributed by atoms with E-state index >= 15 is 0 Å². The molecule has 0 saturated heterocycles. The van der Waals surface area contributed by atoms with Crippen LogP contribution in [0.1, 0.15) is 25.0 Å². The first-order valence-corrected chi connectivity index (χ1v) is 7.09. The number of nitrogens with one attached hydrogen (secondary N) is 1. The second-order valence-electron chi connectivity index (χ2n) is 5.32. The van der Waals surface area contributed by atoms with E-state index in [4.69, 9.17) is 9.47 Å². The average Bonchev–Trinajstić information content (AvgIpc) is 2.88. The molecule has 5 heteroatoms. The fourth-order valence-corrected chi connectivity index (χ4v) is 1.96. The minimum atomic E-state index is 0.429. The predicted molar refractivity (Wildman–Crippen MR) is 82.5 cm³/mol. The number of rotatable bonds is 7. The summed E-state index contributed by atoms with van der Waals surface area (Å²) in [5.74, 6) is 1.64. The molecule has 21 heavy (non-hydrogen) atoms. The number of methoxy groups -OCH3 is 1. The second-order valence-corrected chi connectivity index (χ2v) is 5.32. The summed E-state index contributed by atoms with van der Waals surface area (Å²) in [7, 11) is 3.55. The predicted octanol–water partition coefficient (Wildman–Crippen LogP) is 2.51. The van der Waals surface area contributed by atoms with Crippen molar-refractivity contribution in [2.75, 3.05) is 7.11 Å². The minimum Gasteiger partial charge on any atom is -0.497 e. The van der Waals surface area contributed by atoms with E-state index in [1.807, 2.05) is 37.6 Å². The maximum atomic E-state index is 5.94. The number of aromatic nitrogens is 2. The standard InChI is InChI=1S/C16H23N3O2/c1-12(2)17-9-14-5-6-15(20-4)7-16(14)21-11-13-8-18-19(3)10-13/h5-8,10,12,17H,9,11H2,1-4H3. The summed E-state index contributed by atoms with van der Waals surface area (Å²) in [6.07, 6.45) is 3.76. The third-order valence-corrected chi connectivity index (χ3v) is 3.13. The molecule has 0 unspecified atom stereocenters. The molecule has 0 fully saturated rings. The minimum absolute atomic E-state index is 0.429. The van der Waals surface area contributed by atoms with Gasteiger partial charge >= 0.3 is 0 Å². The highest BCUT2D eigenvalue weighted by Crippen LogP contribution is 2.25. The quantitative estimate of drug-likeness (QED) is 0.851. The smallest absolute Gasteiger partial charge is 0.127 e. The summed E-state index contributed by atoms with van der Waals surface area (Å²) in [5.41, 5.74) is 2.16. The molecule has 0 radical (unpaired) electrons. The molecule has 5 nitrogen and oxygen atoms in total. The van der Waals surface area contributed by atoms with E-state index in [1.165, 1.54) is 0 Å². The Morgan fingerprint density at radius 1 is 1.33 bits per heavy atom. The molecule has 1 heterocycles. The van der Waals surface area contributed by atoms with Crippen molar-refractivity contribution in [1.29, 1.82) is 0 Å². The van der Waals surface area contributed by atoms with Crippen molar-refractivity contribution in [2.45, 2.75) is 33.0 Å². The first-order valence-electron chi connectivity index (χ1n) is 7.09. The first kappa shape index (κ1) is 15.4. The van der Waals surface area contributed by atoms with Crippen molar-refractivity contribution >= 4 is 0 Å². The fraction of sp³-hybridized carbons (Fsp3) is 0.438. The van der Waals surface area contributed by atoms with Crippen LogP contribution in [0.4, 0.5) is 0 Å². The normalized spacial score (nSPS) is 10.9. The van der Waals surface area contributed by atoms with Crippen molar-refractivity contribution in [3.63, 3.8) is 0 Å². The van der Waals surface area contributed by atoms with Crippen LogP contribution in [0.15, 0.2) is 30.6 Å². The van der Waals surface area contributed by atoms with E-state index in [2.05, 4.69) is 24.3 Å². The van der Waals surface area contributed by atoms with Crippen molar-refractivity contribution < 1.29 is 9.47 Å². The summed E-state index contributed by atoms with van der Waals surface area (Å²) < 4.78 is 13.0. The van der Waals surface area contributed by atoms with Crippen LogP contribution in [0.5, 0.6) is 11.5 Å². The van der Waals surface area contributed by atoms with Gasteiger partial charge in [-0.1, -0.05) is 19.9 Å². The largest absolute Gasteiger partial charge is 0.497 e. The van der Waals surface area contributed by atoms with Gasteiger partial charge in [0.1, 0.15) is 18.1 Å². The first-order chi connectivity index (χ1) is 10.1. The molecule has 0 aliphatic carbocycles. The van der Waals surface area contributed by atoms with Gasteiger partial charge in [-0.15, -0.1) is 0 Å². The molecule has 0 bridgehead atoms. The van der Waals surface area contributed by atoms with Crippen molar-refractivity contribution in [3.05, 3.63) is 41.7 Å². The Labute approximate surface area is 125 Å². The number of ether oxygens (including phenoxy) is 2. The Morgan fingerprint density at radius 2 is 2.14 bits per heavy atom. The van der Waals surface area contributed by atoms with Crippen molar-refractivity contribution in [2.24, 2.45) is 7.05 Å². The summed E-state index contributed by atoms with van der Waals surface area (Å²) in [6.45, 7) is 5.51. The molecule has 1 N–H and O–H groups in total. The molecule has 114 valence electrons. The second kappa shape index (κ2) is 7.13. The Kier molecular flexibility index (Phi) is 5.22. The van der Waals surface area contributed by atoms with Gasteiger partial charge in [-0.25, -0.2) is 0 Å². The number of aryl methyl sites for hydroxylation is 1. The zero-order valence-electron chi connectivity index (χ0n) is 13.1. The summed E-state index contributed by atoms with van der Waals surface area (Å²) in [5, 5.41) is 7.55. The van der Waals surface area contributed by atoms with Gasteiger partial charge in [0.15, 0.2) is 0 Å². The highest BCUT2D eigenvalue weighted by atomic mass is 16.5. The van der Waals surface area contributed by atoms with Gasteiger partial charge in [-0.3, -0.25) is 4.68 Å². The van der Waals surface area contributed by atoms with Crippen LogP contribution < -0.4 is 14.8 Å². The van der Waals surface area contributed by atoms with Crippen LogP contribution in [0.2, 0.25) is 0 Å². The highest BCUT2D eigenvalue weighted by Gasteiger charge is 2.08. The topological polar surface area (TPSA) is 48.3 Å². The monoisotopic (exact) mass is 289 g/mol. The summed E-state index contributed by atoms with van der Waals surface area (Å²) in [6, 6.07) is 6.34. The molecule has 2 rings (SSSR count). The van der Waals surface area contributed by atoms with Crippen molar-refractivity contribution in [1.82, 2.24) is 15.1 Å². The molecule has 0 amide bonds. The Morgan fingerprint density at radius 3 is 2.76 bits per heavy atom. The molecule has 0 spiro atoms. The third kappa shape index (κ3) is 4.49. The maximum Gasteiger partial charge on any atom is 0.127 e. The average molecular weight is 289 g/mol. The maximum absolute atomic E-state index is 5.94. The fourth-order valence-electron chi connectivity index (χ4n) is 1.96. The Hall–Kier alpha value is -2.01. The molecule has 0 aliphatic heterocycles. The zero-order valence-corrected chi connectivity index (χ0v) is 13.1. The van der Waals surface area contributed by atoms with E-state index in [0.717, 1.165) is 29.2 Å². The number of benzene rings is 1. The molecule has 0 aliphatic rings. The highest BCUT2D eigenvalue weighted by molar-refractivity contribution is 5.40. The van der Waals surface area contributed by atoms with Gasteiger partial charge in [0.2, 0.25) is 0 Å². The number of nitrogens with zero attached hydrogens (tertiary/aromatic N) is 2.